The van der Waals surface area contributed by atoms with Crippen molar-refractivity contribution in [2.24, 2.45) is 0 Å². The SMILES string of the molecule is CCOC(=O)C[C@@H]1COCCN1C(=O)c1cn(Cc2ccccc2F)nn1. The van der Waals surface area contributed by atoms with Crippen molar-refractivity contribution in [2.45, 2.75) is 25.9 Å². The molecule has 2 heterocycles. The molecular weight excluding hydrogens is 355 g/mol. The number of aromatic nitrogens is 3. The summed E-state index contributed by atoms with van der Waals surface area (Å²) in [6.45, 7) is 3.17. The number of amides is 1. The summed E-state index contributed by atoms with van der Waals surface area (Å²) in [4.78, 5) is 26.1. The number of morpholine rings is 1. The van der Waals surface area contributed by atoms with Gasteiger partial charge in [0.25, 0.3) is 5.91 Å². The standard InChI is InChI=1S/C18H21FN4O4/c1-2-27-17(24)9-14-12-26-8-7-23(14)18(25)16-11-22(21-20-16)10-13-5-3-4-6-15(13)19/h3-6,11,14H,2,7-10,12H2,1H3/t14-/m1/s1. The average molecular weight is 376 g/mol. The van der Waals surface area contributed by atoms with Crippen LogP contribution in [-0.2, 0) is 20.8 Å². The number of ether oxygens (including phenoxy) is 2. The molecule has 0 bridgehead atoms. The van der Waals surface area contributed by atoms with Crippen molar-refractivity contribution in [3.8, 4) is 0 Å². The van der Waals surface area contributed by atoms with Gasteiger partial charge < -0.3 is 14.4 Å². The number of carbonyl (C=O) groups is 2. The van der Waals surface area contributed by atoms with Crippen LogP contribution in [0.3, 0.4) is 0 Å². The Morgan fingerprint density at radius 2 is 2.19 bits per heavy atom. The van der Waals surface area contributed by atoms with E-state index in [1.54, 1.807) is 30.0 Å². The average Bonchev–Trinajstić information content (AvgIpc) is 3.12. The maximum Gasteiger partial charge on any atom is 0.307 e. The molecule has 1 aliphatic heterocycles. The minimum Gasteiger partial charge on any atom is -0.466 e. The summed E-state index contributed by atoms with van der Waals surface area (Å²) in [6, 6.07) is 5.94. The van der Waals surface area contributed by atoms with Gasteiger partial charge in [-0.25, -0.2) is 9.07 Å². The largest absolute Gasteiger partial charge is 0.466 e. The molecule has 3 rings (SSSR count). The smallest absolute Gasteiger partial charge is 0.307 e. The molecule has 0 unspecified atom stereocenters. The van der Waals surface area contributed by atoms with Crippen molar-refractivity contribution in [1.82, 2.24) is 19.9 Å². The molecule has 0 radical (unpaired) electrons. The number of nitrogens with zero attached hydrogens (tertiary/aromatic N) is 4. The Bertz CT molecular complexity index is 810. The van der Waals surface area contributed by atoms with Gasteiger partial charge >= 0.3 is 5.97 Å². The molecule has 1 saturated heterocycles. The molecule has 27 heavy (non-hydrogen) atoms. The van der Waals surface area contributed by atoms with Crippen LogP contribution >= 0.6 is 0 Å². The molecule has 144 valence electrons. The maximum atomic E-state index is 13.8. The fourth-order valence-electron chi connectivity index (χ4n) is 2.93. The van der Waals surface area contributed by atoms with Crippen molar-refractivity contribution in [3.63, 3.8) is 0 Å². The van der Waals surface area contributed by atoms with Crippen molar-refractivity contribution < 1.29 is 23.5 Å². The molecule has 0 spiro atoms. The first-order valence-corrected chi connectivity index (χ1v) is 8.76. The molecular formula is C18H21FN4O4. The molecule has 1 amide bonds. The molecule has 1 aromatic heterocycles. The number of benzene rings is 1. The number of carbonyl (C=O) groups excluding carboxylic acids is 2. The monoisotopic (exact) mass is 376 g/mol. The van der Waals surface area contributed by atoms with Crippen LogP contribution in [0.5, 0.6) is 0 Å². The van der Waals surface area contributed by atoms with Gasteiger partial charge in [0.1, 0.15) is 5.82 Å². The summed E-state index contributed by atoms with van der Waals surface area (Å²) in [6.07, 6.45) is 1.54. The normalized spacial score (nSPS) is 17.0. The Balaban J connectivity index is 1.70. The minimum absolute atomic E-state index is 0.0585. The Morgan fingerprint density at radius 3 is 2.96 bits per heavy atom. The highest BCUT2D eigenvalue weighted by atomic mass is 19.1. The van der Waals surface area contributed by atoms with Crippen LogP contribution in [0, 0.1) is 5.82 Å². The fraction of sp³-hybridized carbons (Fsp3) is 0.444. The molecule has 1 fully saturated rings. The molecule has 1 aromatic carbocycles. The van der Waals surface area contributed by atoms with Crippen molar-refractivity contribution >= 4 is 11.9 Å². The first-order chi connectivity index (χ1) is 13.1. The summed E-state index contributed by atoms with van der Waals surface area (Å²) in [7, 11) is 0. The van der Waals surface area contributed by atoms with E-state index < -0.39 is 6.04 Å². The Labute approximate surface area is 155 Å². The lowest BCUT2D eigenvalue weighted by Crippen LogP contribution is -2.49. The zero-order valence-corrected chi connectivity index (χ0v) is 15.0. The predicted octanol–water partition coefficient (Wildman–Crippen LogP) is 1.26. The van der Waals surface area contributed by atoms with Crippen LogP contribution < -0.4 is 0 Å². The second-order valence-electron chi connectivity index (χ2n) is 6.13. The highest BCUT2D eigenvalue weighted by Crippen LogP contribution is 2.15. The van der Waals surface area contributed by atoms with E-state index in [1.165, 1.54) is 16.9 Å². The van der Waals surface area contributed by atoms with Crippen LogP contribution in [0.1, 0.15) is 29.4 Å². The quantitative estimate of drug-likeness (QED) is 0.706. The molecule has 0 N–H and O–H groups in total. The van der Waals surface area contributed by atoms with E-state index in [4.69, 9.17) is 9.47 Å². The predicted molar refractivity (Wildman–Crippen MR) is 92.4 cm³/mol. The lowest BCUT2D eigenvalue weighted by Gasteiger charge is -2.34. The third kappa shape index (κ3) is 4.68. The van der Waals surface area contributed by atoms with Gasteiger partial charge in [0, 0.05) is 12.1 Å². The summed E-state index contributed by atoms with van der Waals surface area (Å²) in [5.41, 5.74) is 0.593. The van der Waals surface area contributed by atoms with Crippen LogP contribution in [0.25, 0.3) is 0 Å². The van der Waals surface area contributed by atoms with Crippen molar-refractivity contribution in [2.75, 3.05) is 26.4 Å². The minimum atomic E-state index is -0.415. The molecule has 1 aliphatic rings. The summed E-state index contributed by atoms with van der Waals surface area (Å²) in [5, 5.41) is 7.82. The summed E-state index contributed by atoms with van der Waals surface area (Å²) >= 11 is 0. The fourth-order valence-corrected chi connectivity index (χ4v) is 2.93. The van der Waals surface area contributed by atoms with Gasteiger partial charge in [-0.2, -0.15) is 0 Å². The van der Waals surface area contributed by atoms with Gasteiger partial charge in [-0.3, -0.25) is 9.59 Å². The Hall–Kier alpha value is -2.81. The van der Waals surface area contributed by atoms with Crippen molar-refractivity contribution in [1.29, 1.82) is 0 Å². The van der Waals surface area contributed by atoms with E-state index in [0.29, 0.717) is 18.7 Å². The van der Waals surface area contributed by atoms with E-state index in [-0.39, 0.29) is 49.6 Å². The molecule has 9 heteroatoms. The highest BCUT2D eigenvalue weighted by Gasteiger charge is 2.31. The zero-order chi connectivity index (χ0) is 19.2. The molecule has 0 aliphatic carbocycles. The first kappa shape index (κ1) is 19.0. The second-order valence-corrected chi connectivity index (χ2v) is 6.13. The van der Waals surface area contributed by atoms with Gasteiger partial charge in [0.15, 0.2) is 5.69 Å². The summed E-state index contributed by atoms with van der Waals surface area (Å²) in [5.74, 6) is -1.06. The van der Waals surface area contributed by atoms with Gasteiger partial charge in [-0.1, -0.05) is 23.4 Å². The summed E-state index contributed by atoms with van der Waals surface area (Å²) < 4.78 is 25.5. The van der Waals surface area contributed by atoms with Crippen molar-refractivity contribution in [3.05, 3.63) is 47.5 Å². The maximum absolute atomic E-state index is 13.8. The van der Waals surface area contributed by atoms with E-state index >= 15 is 0 Å². The Morgan fingerprint density at radius 1 is 1.37 bits per heavy atom. The van der Waals surface area contributed by atoms with E-state index in [9.17, 15) is 14.0 Å². The topological polar surface area (TPSA) is 86.5 Å². The Kier molecular flexibility index (Phi) is 6.12. The highest BCUT2D eigenvalue weighted by molar-refractivity contribution is 5.92. The van der Waals surface area contributed by atoms with Gasteiger partial charge in [0.05, 0.1) is 45.0 Å². The van der Waals surface area contributed by atoms with E-state index in [1.807, 2.05) is 0 Å². The van der Waals surface area contributed by atoms with Crippen LogP contribution in [0.2, 0.25) is 0 Å². The number of esters is 1. The van der Waals surface area contributed by atoms with E-state index in [0.717, 1.165) is 0 Å². The molecule has 1 atom stereocenters. The lowest BCUT2D eigenvalue weighted by molar-refractivity contribution is -0.145. The van der Waals surface area contributed by atoms with Crippen LogP contribution in [0.15, 0.2) is 30.5 Å². The molecule has 0 saturated carbocycles. The van der Waals surface area contributed by atoms with Crippen LogP contribution in [0.4, 0.5) is 4.39 Å². The van der Waals surface area contributed by atoms with Gasteiger partial charge in [-0.05, 0) is 13.0 Å². The molecule has 2 aromatic rings. The van der Waals surface area contributed by atoms with Gasteiger partial charge in [0.2, 0.25) is 0 Å². The third-order valence-electron chi connectivity index (χ3n) is 4.24. The molecule has 8 nitrogen and oxygen atoms in total. The van der Waals surface area contributed by atoms with E-state index in [2.05, 4.69) is 10.3 Å². The number of hydrogen-bond acceptors (Lipinski definition) is 6. The number of rotatable bonds is 6. The second kappa shape index (κ2) is 8.72. The third-order valence-corrected chi connectivity index (χ3v) is 4.24. The lowest BCUT2D eigenvalue weighted by atomic mass is 10.1. The first-order valence-electron chi connectivity index (χ1n) is 8.76. The number of halogens is 1. The van der Waals surface area contributed by atoms with Gasteiger partial charge in [-0.15, -0.1) is 5.10 Å². The zero-order valence-electron chi connectivity index (χ0n) is 15.0. The van der Waals surface area contributed by atoms with Crippen LogP contribution in [-0.4, -0.2) is 64.2 Å². The number of hydrogen-bond donors (Lipinski definition) is 0.